The molecule has 1 saturated heterocycles. The van der Waals surface area contributed by atoms with E-state index in [1.807, 2.05) is 32.9 Å². The minimum atomic E-state index is -0.547. The molecule has 134 valence electrons. The van der Waals surface area contributed by atoms with Crippen LogP contribution in [0.25, 0.3) is 10.9 Å². The number of halogens is 2. The van der Waals surface area contributed by atoms with Crippen molar-refractivity contribution in [2.24, 2.45) is 0 Å². The van der Waals surface area contributed by atoms with Gasteiger partial charge < -0.3 is 10.1 Å². The fraction of sp³-hybridized carbons (Fsp3) is 0.471. The third kappa shape index (κ3) is 4.04. The number of carbonyl (C=O) groups is 1. The Morgan fingerprint density at radius 1 is 1.40 bits per heavy atom. The number of carbonyl (C=O) groups excluding carboxylic acids is 1. The van der Waals surface area contributed by atoms with Gasteiger partial charge in [0, 0.05) is 29.5 Å². The molecular weight excluding hydrogens is 408 g/mol. The number of nitrogens with zero attached hydrogens (tertiary/aromatic N) is 3. The lowest BCUT2D eigenvalue weighted by Crippen LogP contribution is -2.50. The number of piperazine rings is 1. The number of hydrogen-bond acceptors (Lipinski definition) is 5. The molecule has 1 aliphatic heterocycles. The molecule has 0 saturated carbocycles. The number of hydrogen-bond donors (Lipinski definition) is 1. The van der Waals surface area contributed by atoms with Crippen LogP contribution in [0, 0.1) is 0 Å². The van der Waals surface area contributed by atoms with E-state index in [1.165, 1.54) is 6.33 Å². The van der Waals surface area contributed by atoms with Gasteiger partial charge in [0.05, 0.1) is 22.3 Å². The normalized spacial score (nSPS) is 18.4. The van der Waals surface area contributed by atoms with Gasteiger partial charge in [0.2, 0.25) is 0 Å². The standard InChI is InChI=1S/C17H20BrClN4O2/c1-17(2,3)25-16(24)23-5-4-20-8-14(23)15-10-6-12(19)11(18)7-13(10)21-9-22-15/h6-7,9,14,20H,4-5,8H2,1-3H3. The first-order chi connectivity index (χ1) is 11.8. The molecule has 2 heterocycles. The molecule has 0 aliphatic carbocycles. The SMILES string of the molecule is CC(C)(C)OC(=O)N1CCNCC1c1ncnc2cc(Br)c(Cl)cc12. The van der Waals surface area contributed by atoms with Gasteiger partial charge in [-0.25, -0.2) is 14.8 Å². The molecule has 25 heavy (non-hydrogen) atoms. The van der Waals surface area contributed by atoms with Crippen molar-refractivity contribution in [3.05, 3.63) is 33.6 Å². The molecule has 0 radical (unpaired) electrons. The maximum Gasteiger partial charge on any atom is 0.410 e. The molecule has 1 fully saturated rings. The maximum absolute atomic E-state index is 12.7. The molecule has 1 aliphatic rings. The number of aromatic nitrogens is 2. The molecule has 8 heteroatoms. The van der Waals surface area contributed by atoms with Crippen LogP contribution in [-0.2, 0) is 4.74 Å². The molecule has 1 aromatic heterocycles. The summed E-state index contributed by atoms with van der Waals surface area (Å²) in [5, 5.41) is 4.73. The zero-order chi connectivity index (χ0) is 18.2. The zero-order valence-corrected chi connectivity index (χ0v) is 16.7. The number of amides is 1. The summed E-state index contributed by atoms with van der Waals surface area (Å²) < 4.78 is 6.34. The molecule has 2 aromatic rings. The van der Waals surface area contributed by atoms with E-state index in [-0.39, 0.29) is 12.1 Å². The van der Waals surface area contributed by atoms with Crippen LogP contribution in [-0.4, -0.2) is 46.2 Å². The molecule has 0 bridgehead atoms. The Morgan fingerprint density at radius 3 is 2.88 bits per heavy atom. The van der Waals surface area contributed by atoms with E-state index in [1.54, 1.807) is 4.90 Å². The van der Waals surface area contributed by atoms with Gasteiger partial charge in [-0.15, -0.1) is 0 Å². The predicted molar refractivity (Wildman–Crippen MR) is 101 cm³/mol. The monoisotopic (exact) mass is 426 g/mol. The van der Waals surface area contributed by atoms with E-state index >= 15 is 0 Å². The Labute approximate surface area is 160 Å². The molecular formula is C17H20BrClN4O2. The van der Waals surface area contributed by atoms with Gasteiger partial charge in [0.25, 0.3) is 0 Å². The molecule has 6 nitrogen and oxygen atoms in total. The van der Waals surface area contributed by atoms with Crippen LogP contribution in [0.2, 0.25) is 5.02 Å². The van der Waals surface area contributed by atoms with E-state index < -0.39 is 5.60 Å². The highest BCUT2D eigenvalue weighted by molar-refractivity contribution is 9.10. The fourth-order valence-corrected chi connectivity index (χ4v) is 3.32. The van der Waals surface area contributed by atoms with E-state index in [2.05, 4.69) is 31.2 Å². The van der Waals surface area contributed by atoms with Crippen molar-refractivity contribution in [3.8, 4) is 0 Å². The van der Waals surface area contributed by atoms with Crippen LogP contribution >= 0.6 is 27.5 Å². The smallest absolute Gasteiger partial charge is 0.410 e. The highest BCUT2D eigenvalue weighted by Gasteiger charge is 2.33. The van der Waals surface area contributed by atoms with Crippen LogP contribution < -0.4 is 5.32 Å². The van der Waals surface area contributed by atoms with E-state index in [4.69, 9.17) is 16.3 Å². The summed E-state index contributed by atoms with van der Waals surface area (Å²) in [6.45, 7) is 7.44. The van der Waals surface area contributed by atoms with Crippen molar-refractivity contribution < 1.29 is 9.53 Å². The Kier molecular flexibility index (Phi) is 5.18. The summed E-state index contributed by atoms with van der Waals surface area (Å²) in [6, 6.07) is 3.45. The third-order valence-corrected chi connectivity index (χ3v) is 5.09. The first-order valence-electron chi connectivity index (χ1n) is 8.06. The van der Waals surface area contributed by atoms with Gasteiger partial charge in [0.15, 0.2) is 0 Å². The van der Waals surface area contributed by atoms with Gasteiger partial charge in [-0.05, 0) is 48.8 Å². The van der Waals surface area contributed by atoms with E-state index in [0.717, 1.165) is 21.1 Å². The average Bonchev–Trinajstić information content (AvgIpc) is 2.54. The number of nitrogens with one attached hydrogen (secondary N) is 1. The second-order valence-corrected chi connectivity index (χ2v) is 8.20. The quantitative estimate of drug-likeness (QED) is 0.747. The summed E-state index contributed by atoms with van der Waals surface area (Å²) in [5.74, 6) is 0. The zero-order valence-electron chi connectivity index (χ0n) is 14.3. The Balaban J connectivity index is 2.02. The first-order valence-corrected chi connectivity index (χ1v) is 9.23. The third-order valence-electron chi connectivity index (χ3n) is 3.90. The summed E-state index contributed by atoms with van der Waals surface area (Å²) in [4.78, 5) is 23.1. The van der Waals surface area contributed by atoms with Gasteiger partial charge in [-0.3, -0.25) is 4.90 Å². The Hall–Kier alpha value is -1.44. The van der Waals surface area contributed by atoms with E-state index in [9.17, 15) is 4.79 Å². The number of fused-ring (bicyclic) bond motifs is 1. The van der Waals surface area contributed by atoms with Gasteiger partial charge in [-0.2, -0.15) is 0 Å². The lowest BCUT2D eigenvalue weighted by Gasteiger charge is -2.37. The summed E-state index contributed by atoms with van der Waals surface area (Å²) >= 11 is 9.68. The fourth-order valence-electron chi connectivity index (χ4n) is 2.82. The summed E-state index contributed by atoms with van der Waals surface area (Å²) in [7, 11) is 0. The Morgan fingerprint density at radius 2 is 2.16 bits per heavy atom. The second kappa shape index (κ2) is 7.05. The van der Waals surface area contributed by atoms with Crippen LogP contribution in [0.4, 0.5) is 4.79 Å². The highest BCUT2D eigenvalue weighted by Crippen LogP contribution is 2.32. The van der Waals surface area contributed by atoms with Crippen LogP contribution in [0.1, 0.15) is 32.5 Å². The molecule has 0 spiro atoms. The van der Waals surface area contributed by atoms with Crippen molar-refractivity contribution in [1.82, 2.24) is 20.2 Å². The summed E-state index contributed by atoms with van der Waals surface area (Å²) in [5.41, 5.74) is 0.988. The van der Waals surface area contributed by atoms with Crippen molar-refractivity contribution in [1.29, 1.82) is 0 Å². The number of benzene rings is 1. The molecule has 3 rings (SSSR count). The molecule has 1 N–H and O–H groups in total. The predicted octanol–water partition coefficient (Wildman–Crippen LogP) is 3.93. The van der Waals surface area contributed by atoms with E-state index in [0.29, 0.717) is 24.7 Å². The van der Waals surface area contributed by atoms with Crippen molar-refractivity contribution in [3.63, 3.8) is 0 Å². The Bertz CT molecular complexity index is 809. The minimum Gasteiger partial charge on any atom is -0.444 e. The molecule has 1 aromatic carbocycles. The topological polar surface area (TPSA) is 67.3 Å². The lowest BCUT2D eigenvalue weighted by molar-refractivity contribution is 0.0115. The molecule has 1 atom stereocenters. The minimum absolute atomic E-state index is 0.244. The van der Waals surface area contributed by atoms with Crippen LogP contribution in [0.3, 0.4) is 0 Å². The van der Waals surface area contributed by atoms with Crippen molar-refractivity contribution >= 4 is 44.5 Å². The van der Waals surface area contributed by atoms with Crippen molar-refractivity contribution in [2.75, 3.05) is 19.6 Å². The maximum atomic E-state index is 12.7. The van der Waals surface area contributed by atoms with Gasteiger partial charge in [0.1, 0.15) is 11.9 Å². The number of rotatable bonds is 1. The van der Waals surface area contributed by atoms with Crippen molar-refractivity contribution in [2.45, 2.75) is 32.4 Å². The average molecular weight is 428 g/mol. The highest BCUT2D eigenvalue weighted by atomic mass is 79.9. The summed E-state index contributed by atoms with van der Waals surface area (Å²) in [6.07, 6.45) is 1.17. The van der Waals surface area contributed by atoms with Gasteiger partial charge >= 0.3 is 6.09 Å². The molecule has 1 amide bonds. The largest absolute Gasteiger partial charge is 0.444 e. The van der Waals surface area contributed by atoms with Crippen LogP contribution in [0.15, 0.2) is 22.9 Å². The molecule has 1 unspecified atom stereocenters. The second-order valence-electron chi connectivity index (χ2n) is 6.94. The van der Waals surface area contributed by atoms with Crippen LogP contribution in [0.5, 0.6) is 0 Å². The van der Waals surface area contributed by atoms with Gasteiger partial charge in [-0.1, -0.05) is 11.6 Å². The number of ether oxygens (including phenoxy) is 1. The lowest BCUT2D eigenvalue weighted by atomic mass is 10.0. The first kappa shape index (κ1) is 18.4.